The number of sulfonamides is 1. The molecule has 0 saturated heterocycles. The van der Waals surface area contributed by atoms with Crippen LogP contribution in [0.25, 0.3) is 0 Å². The van der Waals surface area contributed by atoms with Crippen molar-refractivity contribution in [3.8, 4) is 0 Å². The largest absolute Gasteiger partial charge is 0.315 e. The van der Waals surface area contributed by atoms with Crippen molar-refractivity contribution in [2.45, 2.75) is 11.4 Å². The molecule has 0 aliphatic carbocycles. The van der Waals surface area contributed by atoms with Gasteiger partial charge in [0.1, 0.15) is 4.90 Å². The van der Waals surface area contributed by atoms with E-state index in [0.717, 1.165) is 11.3 Å². The molecule has 10 heteroatoms. The first-order valence-electron chi connectivity index (χ1n) is 5.11. The molecular weight excluding hydrogens is 290 g/mol. The summed E-state index contributed by atoms with van der Waals surface area (Å²) in [6.45, 7) is -0.0139. The SMILES string of the molecule is NNc1ncccc1S(=O)(=O)NCc1csc(=O)[nH]1. The Labute approximate surface area is 112 Å². The van der Waals surface area contributed by atoms with Gasteiger partial charge in [-0.3, -0.25) is 4.79 Å². The second kappa shape index (κ2) is 5.48. The van der Waals surface area contributed by atoms with Crippen molar-refractivity contribution < 1.29 is 8.42 Å². The third kappa shape index (κ3) is 3.17. The number of nitrogens with zero attached hydrogens (tertiary/aromatic N) is 1. The first-order valence-corrected chi connectivity index (χ1v) is 7.47. The minimum atomic E-state index is -3.76. The van der Waals surface area contributed by atoms with Gasteiger partial charge in [-0.2, -0.15) is 0 Å². The van der Waals surface area contributed by atoms with Gasteiger partial charge in [-0.1, -0.05) is 11.3 Å². The van der Waals surface area contributed by atoms with Crippen molar-refractivity contribution >= 4 is 27.2 Å². The summed E-state index contributed by atoms with van der Waals surface area (Å²) in [7, 11) is -3.76. The Hall–Kier alpha value is -1.75. The van der Waals surface area contributed by atoms with Crippen LogP contribution in [0.3, 0.4) is 0 Å². The maximum absolute atomic E-state index is 12.1. The molecule has 0 amide bonds. The van der Waals surface area contributed by atoms with Crippen molar-refractivity contribution in [2.24, 2.45) is 5.84 Å². The lowest BCUT2D eigenvalue weighted by atomic mass is 10.5. The highest BCUT2D eigenvalue weighted by molar-refractivity contribution is 7.89. The Morgan fingerprint density at radius 3 is 2.89 bits per heavy atom. The average molecular weight is 301 g/mol. The molecule has 0 aliphatic heterocycles. The second-order valence-corrected chi connectivity index (χ2v) is 6.07. The smallest absolute Gasteiger partial charge is 0.304 e. The number of nitrogens with one attached hydrogen (secondary N) is 3. The average Bonchev–Trinajstić information content (AvgIpc) is 2.82. The maximum atomic E-state index is 12.1. The van der Waals surface area contributed by atoms with Gasteiger partial charge in [0.05, 0.1) is 6.54 Å². The number of hydrazine groups is 1. The molecule has 0 fully saturated rings. The lowest BCUT2D eigenvalue weighted by Gasteiger charge is -2.09. The molecule has 0 bridgehead atoms. The molecule has 0 atom stereocenters. The molecule has 0 aliphatic rings. The summed E-state index contributed by atoms with van der Waals surface area (Å²) in [5, 5.41) is 1.55. The van der Waals surface area contributed by atoms with Crippen LogP contribution in [-0.4, -0.2) is 18.4 Å². The fraction of sp³-hybridized carbons (Fsp3) is 0.111. The van der Waals surface area contributed by atoms with Crippen molar-refractivity contribution in [1.82, 2.24) is 14.7 Å². The van der Waals surface area contributed by atoms with Crippen molar-refractivity contribution in [3.63, 3.8) is 0 Å². The van der Waals surface area contributed by atoms with Gasteiger partial charge in [-0.05, 0) is 12.1 Å². The number of pyridine rings is 1. The molecule has 102 valence electrons. The highest BCUT2D eigenvalue weighted by atomic mass is 32.2. The number of nitrogens with two attached hydrogens (primary N) is 1. The van der Waals surface area contributed by atoms with E-state index < -0.39 is 10.0 Å². The predicted molar refractivity (Wildman–Crippen MR) is 71.0 cm³/mol. The first kappa shape index (κ1) is 13.7. The van der Waals surface area contributed by atoms with Crippen LogP contribution in [0, 0.1) is 0 Å². The number of anilines is 1. The van der Waals surface area contributed by atoms with E-state index in [1.165, 1.54) is 18.3 Å². The van der Waals surface area contributed by atoms with Gasteiger partial charge in [-0.15, -0.1) is 0 Å². The highest BCUT2D eigenvalue weighted by Crippen LogP contribution is 2.16. The van der Waals surface area contributed by atoms with Gasteiger partial charge >= 0.3 is 4.87 Å². The Morgan fingerprint density at radius 2 is 2.26 bits per heavy atom. The molecule has 0 saturated carbocycles. The number of nitrogen functional groups attached to an aromatic ring is 1. The molecule has 8 nitrogen and oxygen atoms in total. The summed E-state index contributed by atoms with van der Waals surface area (Å²) >= 11 is 0.968. The van der Waals surface area contributed by atoms with E-state index in [4.69, 9.17) is 5.84 Å². The minimum Gasteiger partial charge on any atom is -0.315 e. The Bertz CT molecular complexity index is 721. The fourth-order valence-electron chi connectivity index (χ4n) is 1.37. The minimum absolute atomic E-state index is 0.0139. The van der Waals surface area contributed by atoms with Crippen LogP contribution < -0.4 is 20.9 Å². The van der Waals surface area contributed by atoms with Crippen LogP contribution in [0.2, 0.25) is 0 Å². The zero-order chi connectivity index (χ0) is 13.9. The Morgan fingerprint density at radius 1 is 1.47 bits per heavy atom. The van der Waals surface area contributed by atoms with Crippen LogP contribution in [0.5, 0.6) is 0 Å². The van der Waals surface area contributed by atoms with Gasteiger partial charge in [0.25, 0.3) is 0 Å². The van der Waals surface area contributed by atoms with Crippen LogP contribution >= 0.6 is 11.3 Å². The number of aromatic nitrogens is 2. The first-order chi connectivity index (χ1) is 9.03. The molecule has 5 N–H and O–H groups in total. The van der Waals surface area contributed by atoms with Crippen LogP contribution in [0.4, 0.5) is 5.82 Å². The summed E-state index contributed by atoms with van der Waals surface area (Å²) in [6, 6.07) is 2.86. The predicted octanol–water partition coefficient (Wildman–Crippen LogP) is -0.405. The van der Waals surface area contributed by atoms with E-state index in [1.807, 2.05) is 0 Å². The third-order valence-electron chi connectivity index (χ3n) is 2.22. The van der Waals surface area contributed by atoms with Crippen LogP contribution in [0.15, 0.2) is 33.4 Å². The molecule has 0 unspecified atom stereocenters. The van der Waals surface area contributed by atoms with E-state index >= 15 is 0 Å². The molecule has 2 rings (SSSR count). The molecular formula is C9H11N5O3S2. The molecule has 0 radical (unpaired) electrons. The number of rotatable bonds is 5. The lowest BCUT2D eigenvalue weighted by molar-refractivity contribution is 0.580. The summed E-state index contributed by atoms with van der Waals surface area (Å²) in [5.74, 6) is 5.26. The standard InChI is InChI=1S/C9H11N5O3S2/c10-14-8-7(2-1-3-11-8)19(16,17)12-4-6-5-18-9(15)13-6/h1-3,5,12H,4,10H2,(H,11,14)(H,13,15). The van der Waals surface area contributed by atoms with Gasteiger partial charge in [0.15, 0.2) is 5.82 Å². The number of H-pyrrole nitrogens is 1. The van der Waals surface area contributed by atoms with Crippen molar-refractivity contribution in [2.75, 3.05) is 5.43 Å². The van der Waals surface area contributed by atoms with E-state index in [1.54, 1.807) is 5.38 Å². The highest BCUT2D eigenvalue weighted by Gasteiger charge is 2.18. The fourth-order valence-corrected chi connectivity index (χ4v) is 3.07. The number of aromatic amines is 1. The van der Waals surface area contributed by atoms with E-state index in [9.17, 15) is 13.2 Å². The van der Waals surface area contributed by atoms with Crippen molar-refractivity contribution in [3.05, 3.63) is 39.1 Å². The Balaban J connectivity index is 2.20. The number of thiazole rings is 1. The molecule has 0 aromatic carbocycles. The zero-order valence-electron chi connectivity index (χ0n) is 9.58. The monoisotopic (exact) mass is 301 g/mol. The Kier molecular flexibility index (Phi) is 3.95. The van der Waals surface area contributed by atoms with E-state index in [2.05, 4.69) is 20.1 Å². The lowest BCUT2D eigenvalue weighted by Crippen LogP contribution is -2.25. The molecule has 0 spiro atoms. The van der Waals surface area contributed by atoms with E-state index in [0.29, 0.717) is 5.69 Å². The summed E-state index contributed by atoms with van der Waals surface area (Å²) in [6.07, 6.45) is 1.42. The molecule has 2 aromatic rings. The molecule has 2 aromatic heterocycles. The summed E-state index contributed by atoms with van der Waals surface area (Å²) in [4.78, 5) is 17.0. The van der Waals surface area contributed by atoms with Crippen LogP contribution in [-0.2, 0) is 16.6 Å². The van der Waals surface area contributed by atoms with Gasteiger partial charge < -0.3 is 10.4 Å². The quantitative estimate of drug-likeness (QED) is 0.439. The second-order valence-electron chi connectivity index (χ2n) is 3.49. The topological polar surface area (TPSA) is 130 Å². The molecule has 19 heavy (non-hydrogen) atoms. The summed E-state index contributed by atoms with van der Waals surface area (Å²) in [5.41, 5.74) is 2.71. The van der Waals surface area contributed by atoms with Crippen LogP contribution in [0.1, 0.15) is 5.69 Å². The van der Waals surface area contributed by atoms with Gasteiger partial charge in [-0.25, -0.2) is 24.0 Å². The van der Waals surface area contributed by atoms with Gasteiger partial charge in [0.2, 0.25) is 10.0 Å². The van der Waals surface area contributed by atoms with E-state index in [-0.39, 0.29) is 22.1 Å². The number of hydrogen-bond acceptors (Lipinski definition) is 7. The molecule has 2 heterocycles. The van der Waals surface area contributed by atoms with Gasteiger partial charge in [0, 0.05) is 17.3 Å². The van der Waals surface area contributed by atoms with Crippen molar-refractivity contribution in [1.29, 1.82) is 0 Å². The number of hydrogen-bond donors (Lipinski definition) is 4. The third-order valence-corrected chi connectivity index (χ3v) is 4.37. The maximum Gasteiger partial charge on any atom is 0.304 e. The summed E-state index contributed by atoms with van der Waals surface area (Å²) < 4.78 is 26.5. The zero-order valence-corrected chi connectivity index (χ0v) is 11.2. The normalized spacial score (nSPS) is 11.4.